The van der Waals surface area contributed by atoms with Gasteiger partial charge in [-0.15, -0.1) is 0 Å². The van der Waals surface area contributed by atoms with Crippen LogP contribution in [0.1, 0.15) is 24.8 Å². The summed E-state index contributed by atoms with van der Waals surface area (Å²) in [6, 6.07) is 7.63. The average Bonchev–Trinajstić information content (AvgIpc) is 2.88. The Labute approximate surface area is 108 Å². The minimum Gasteiger partial charge on any atom is -0.381 e. The summed E-state index contributed by atoms with van der Waals surface area (Å²) in [5.74, 6) is 0. The summed E-state index contributed by atoms with van der Waals surface area (Å²) in [6.45, 7) is 4.58. The van der Waals surface area contributed by atoms with Gasteiger partial charge in [0.05, 0.1) is 0 Å². The first-order valence-corrected chi connectivity index (χ1v) is 6.88. The van der Waals surface area contributed by atoms with Gasteiger partial charge in [0.1, 0.15) is 0 Å². The van der Waals surface area contributed by atoms with E-state index in [1.165, 1.54) is 38.0 Å². The molecule has 0 aliphatic carbocycles. The van der Waals surface area contributed by atoms with E-state index in [0.29, 0.717) is 6.04 Å². The Bertz CT molecular complexity index is 419. The highest BCUT2D eigenvalue weighted by atomic mass is 35.5. The fraction of sp³-hybridized carbons (Fsp3) is 0.571. The molecule has 2 nitrogen and oxygen atoms in total. The molecule has 0 radical (unpaired) electrons. The number of rotatable bonds is 2. The molecule has 3 rings (SSSR count). The topological polar surface area (TPSA) is 15.3 Å². The third-order valence-corrected chi connectivity index (χ3v) is 4.54. The van der Waals surface area contributed by atoms with E-state index in [4.69, 9.17) is 11.6 Å². The predicted molar refractivity (Wildman–Crippen MR) is 72.8 cm³/mol. The highest BCUT2D eigenvalue weighted by Crippen LogP contribution is 2.30. The van der Waals surface area contributed by atoms with Crippen molar-refractivity contribution in [3.8, 4) is 0 Å². The second kappa shape index (κ2) is 4.51. The Kier molecular flexibility index (Phi) is 3.01. The molecule has 0 amide bonds. The van der Waals surface area contributed by atoms with Crippen molar-refractivity contribution in [2.45, 2.75) is 38.3 Å². The van der Waals surface area contributed by atoms with Crippen LogP contribution in [0.4, 0.5) is 5.69 Å². The van der Waals surface area contributed by atoms with Crippen molar-refractivity contribution in [1.29, 1.82) is 0 Å². The Hall–Kier alpha value is -0.730. The molecule has 2 saturated heterocycles. The molecule has 0 spiro atoms. The van der Waals surface area contributed by atoms with Crippen molar-refractivity contribution in [1.82, 2.24) is 4.90 Å². The molecule has 1 aromatic carbocycles. The summed E-state index contributed by atoms with van der Waals surface area (Å²) in [7, 11) is 0. The minimum atomic E-state index is 0.608. The third kappa shape index (κ3) is 2.16. The molecular weight excluding hydrogens is 232 g/mol. The van der Waals surface area contributed by atoms with E-state index in [1.807, 2.05) is 6.92 Å². The normalized spacial score (nSPS) is 28.4. The molecular formula is C14H19ClN2. The third-order valence-electron chi connectivity index (χ3n) is 4.13. The first-order chi connectivity index (χ1) is 8.24. The molecule has 1 N–H and O–H groups in total. The number of hydrogen-bond acceptors (Lipinski definition) is 2. The quantitative estimate of drug-likeness (QED) is 0.867. The monoisotopic (exact) mass is 250 g/mol. The standard InChI is InChI=1S/C14H19ClN2/c1-10-4-5-11(9-12(10)15)16-13-6-8-17-7-2-3-14(13)17/h4-5,9,13-14,16H,2-3,6-8H2,1H3. The van der Waals surface area contributed by atoms with Crippen LogP contribution in [-0.4, -0.2) is 30.1 Å². The number of fused-ring (bicyclic) bond motifs is 1. The van der Waals surface area contributed by atoms with E-state index < -0.39 is 0 Å². The second-order valence-electron chi connectivity index (χ2n) is 5.25. The summed E-state index contributed by atoms with van der Waals surface area (Å²) < 4.78 is 0. The molecule has 2 aliphatic rings. The van der Waals surface area contributed by atoms with Crippen molar-refractivity contribution < 1.29 is 0 Å². The summed E-state index contributed by atoms with van der Waals surface area (Å²) in [5.41, 5.74) is 2.31. The number of nitrogens with zero attached hydrogens (tertiary/aromatic N) is 1. The molecule has 2 fully saturated rings. The SMILES string of the molecule is Cc1ccc(NC2CCN3CCCC23)cc1Cl. The van der Waals surface area contributed by atoms with Gasteiger partial charge >= 0.3 is 0 Å². The lowest BCUT2D eigenvalue weighted by Gasteiger charge is -2.22. The van der Waals surface area contributed by atoms with Gasteiger partial charge in [-0.3, -0.25) is 4.90 Å². The van der Waals surface area contributed by atoms with Crippen LogP contribution in [0, 0.1) is 6.92 Å². The van der Waals surface area contributed by atoms with Crippen LogP contribution in [0.15, 0.2) is 18.2 Å². The Morgan fingerprint density at radius 1 is 1.29 bits per heavy atom. The van der Waals surface area contributed by atoms with E-state index in [9.17, 15) is 0 Å². The van der Waals surface area contributed by atoms with Gasteiger partial charge in [-0.1, -0.05) is 17.7 Å². The summed E-state index contributed by atoms with van der Waals surface area (Å²) in [4.78, 5) is 2.62. The fourth-order valence-corrected chi connectivity index (χ4v) is 3.33. The smallest absolute Gasteiger partial charge is 0.0455 e. The summed E-state index contributed by atoms with van der Waals surface area (Å²) >= 11 is 6.16. The summed E-state index contributed by atoms with van der Waals surface area (Å²) in [6.07, 6.45) is 3.96. The molecule has 2 atom stereocenters. The van der Waals surface area contributed by atoms with Gasteiger partial charge in [0.2, 0.25) is 0 Å². The highest BCUT2D eigenvalue weighted by Gasteiger charge is 2.36. The molecule has 2 heterocycles. The van der Waals surface area contributed by atoms with Gasteiger partial charge in [0.25, 0.3) is 0 Å². The fourth-order valence-electron chi connectivity index (χ4n) is 3.15. The van der Waals surface area contributed by atoms with Crippen LogP contribution in [0.3, 0.4) is 0 Å². The van der Waals surface area contributed by atoms with Crippen LogP contribution in [0.5, 0.6) is 0 Å². The number of hydrogen-bond donors (Lipinski definition) is 1. The van der Waals surface area contributed by atoms with Crippen molar-refractivity contribution >= 4 is 17.3 Å². The lowest BCUT2D eigenvalue weighted by molar-refractivity contribution is 0.318. The van der Waals surface area contributed by atoms with Crippen molar-refractivity contribution in [2.75, 3.05) is 18.4 Å². The van der Waals surface area contributed by atoms with Crippen molar-refractivity contribution in [3.05, 3.63) is 28.8 Å². The number of anilines is 1. The minimum absolute atomic E-state index is 0.608. The maximum Gasteiger partial charge on any atom is 0.0455 e. The summed E-state index contributed by atoms with van der Waals surface area (Å²) in [5, 5.41) is 4.51. The maximum absolute atomic E-state index is 6.16. The zero-order chi connectivity index (χ0) is 11.8. The predicted octanol–water partition coefficient (Wildman–Crippen LogP) is 3.30. The number of benzene rings is 1. The van der Waals surface area contributed by atoms with E-state index in [-0.39, 0.29) is 0 Å². The van der Waals surface area contributed by atoms with Gasteiger partial charge in [0.15, 0.2) is 0 Å². The van der Waals surface area contributed by atoms with Gasteiger partial charge in [-0.2, -0.15) is 0 Å². The van der Waals surface area contributed by atoms with Crippen LogP contribution < -0.4 is 5.32 Å². The van der Waals surface area contributed by atoms with Crippen molar-refractivity contribution in [2.24, 2.45) is 0 Å². The van der Waals surface area contributed by atoms with Crippen LogP contribution in [-0.2, 0) is 0 Å². The number of aryl methyl sites for hydroxylation is 1. The van der Waals surface area contributed by atoms with Crippen LogP contribution >= 0.6 is 11.6 Å². The molecule has 0 bridgehead atoms. The Balaban J connectivity index is 1.72. The first kappa shape index (κ1) is 11.4. The number of halogens is 1. The molecule has 3 heteroatoms. The lowest BCUT2D eigenvalue weighted by atomic mass is 10.1. The van der Waals surface area contributed by atoms with Gasteiger partial charge in [-0.05, 0) is 50.4 Å². The van der Waals surface area contributed by atoms with Gasteiger partial charge in [-0.25, -0.2) is 0 Å². The van der Waals surface area contributed by atoms with E-state index in [0.717, 1.165) is 16.6 Å². The van der Waals surface area contributed by atoms with Gasteiger partial charge in [0, 0.05) is 29.3 Å². The largest absolute Gasteiger partial charge is 0.381 e. The lowest BCUT2D eigenvalue weighted by Crippen LogP contribution is -2.33. The second-order valence-corrected chi connectivity index (χ2v) is 5.66. The molecule has 92 valence electrons. The van der Waals surface area contributed by atoms with Crippen molar-refractivity contribution in [3.63, 3.8) is 0 Å². The Morgan fingerprint density at radius 2 is 2.18 bits per heavy atom. The molecule has 1 aromatic rings. The Morgan fingerprint density at radius 3 is 3.00 bits per heavy atom. The molecule has 17 heavy (non-hydrogen) atoms. The van der Waals surface area contributed by atoms with E-state index in [1.54, 1.807) is 0 Å². The molecule has 0 saturated carbocycles. The van der Waals surface area contributed by atoms with Crippen LogP contribution in [0.2, 0.25) is 5.02 Å². The van der Waals surface area contributed by atoms with Gasteiger partial charge < -0.3 is 5.32 Å². The molecule has 0 aromatic heterocycles. The highest BCUT2D eigenvalue weighted by molar-refractivity contribution is 6.31. The average molecular weight is 251 g/mol. The van der Waals surface area contributed by atoms with E-state index in [2.05, 4.69) is 28.4 Å². The molecule has 2 unspecified atom stereocenters. The maximum atomic E-state index is 6.16. The van der Waals surface area contributed by atoms with Crippen LogP contribution in [0.25, 0.3) is 0 Å². The zero-order valence-corrected chi connectivity index (χ0v) is 11.0. The van der Waals surface area contributed by atoms with E-state index >= 15 is 0 Å². The number of nitrogens with one attached hydrogen (secondary N) is 1. The first-order valence-electron chi connectivity index (χ1n) is 6.51. The zero-order valence-electron chi connectivity index (χ0n) is 10.2. The molecule has 2 aliphatic heterocycles.